The van der Waals surface area contributed by atoms with Gasteiger partial charge in [-0.1, -0.05) is 12.1 Å². The van der Waals surface area contributed by atoms with Crippen LogP contribution < -0.4 is 10.1 Å². The van der Waals surface area contributed by atoms with Crippen LogP contribution in [0.1, 0.15) is 18.2 Å². The molecule has 0 unspecified atom stereocenters. The molecule has 1 aromatic carbocycles. The maximum atomic E-state index is 11.2. The van der Waals surface area contributed by atoms with Crippen LogP contribution in [0.3, 0.4) is 0 Å². The fraction of sp³-hybridized carbons (Fsp3) is 0.267. The third-order valence-corrected chi connectivity index (χ3v) is 2.94. The van der Waals surface area contributed by atoms with Gasteiger partial charge in [-0.15, -0.1) is 0 Å². The summed E-state index contributed by atoms with van der Waals surface area (Å²) in [4.78, 5) is 15.0. The highest BCUT2D eigenvalue weighted by molar-refractivity contribution is 5.68. The van der Waals surface area contributed by atoms with Gasteiger partial charge in [0.15, 0.2) is 5.75 Å². The van der Waals surface area contributed by atoms with Gasteiger partial charge < -0.3 is 10.1 Å². The Labute approximate surface area is 122 Å². The molecule has 2 aromatic rings. The van der Waals surface area contributed by atoms with E-state index in [9.17, 15) is 10.1 Å². The third-order valence-electron chi connectivity index (χ3n) is 2.94. The van der Waals surface area contributed by atoms with E-state index in [4.69, 9.17) is 4.74 Å². The number of aromatic nitrogens is 1. The Morgan fingerprint density at radius 2 is 2.14 bits per heavy atom. The van der Waals surface area contributed by atoms with Crippen molar-refractivity contribution in [3.63, 3.8) is 0 Å². The first-order chi connectivity index (χ1) is 10.1. The summed E-state index contributed by atoms with van der Waals surface area (Å²) in [6.45, 7) is 4.55. The number of nitrogens with zero attached hydrogens (tertiary/aromatic N) is 2. The molecule has 0 atom stereocenters. The molecule has 0 aliphatic carbocycles. The van der Waals surface area contributed by atoms with Crippen LogP contribution in [-0.2, 0) is 6.54 Å². The highest BCUT2D eigenvalue weighted by Gasteiger charge is 2.20. The highest BCUT2D eigenvalue weighted by Crippen LogP contribution is 2.34. The zero-order chi connectivity index (χ0) is 15.2. The van der Waals surface area contributed by atoms with Crippen molar-refractivity contribution in [1.29, 1.82) is 0 Å². The van der Waals surface area contributed by atoms with Crippen LogP contribution in [0.15, 0.2) is 36.5 Å². The summed E-state index contributed by atoms with van der Waals surface area (Å²) in [5, 5.41) is 14.3. The van der Waals surface area contributed by atoms with Gasteiger partial charge in [-0.3, -0.25) is 15.1 Å². The van der Waals surface area contributed by atoms with Crippen molar-refractivity contribution in [1.82, 2.24) is 4.98 Å². The van der Waals surface area contributed by atoms with Crippen LogP contribution in [-0.4, -0.2) is 16.5 Å². The molecule has 1 N–H and O–H groups in total. The second-order valence-electron chi connectivity index (χ2n) is 4.50. The lowest BCUT2D eigenvalue weighted by molar-refractivity contribution is -0.384. The number of nitro groups is 1. The number of rotatable bonds is 6. The minimum atomic E-state index is -0.430. The van der Waals surface area contributed by atoms with Crippen molar-refractivity contribution in [3.8, 4) is 5.75 Å². The lowest BCUT2D eigenvalue weighted by Crippen LogP contribution is -2.05. The number of hydrogen-bond donors (Lipinski definition) is 1. The SMILES string of the molecule is CCOc1cccc(NCc2ccc(C)nc2)c1[N+](=O)[O-]. The van der Waals surface area contributed by atoms with Crippen LogP contribution in [0.5, 0.6) is 5.75 Å². The van der Waals surface area contributed by atoms with E-state index in [1.807, 2.05) is 19.1 Å². The Balaban J connectivity index is 2.21. The van der Waals surface area contributed by atoms with E-state index in [1.54, 1.807) is 31.3 Å². The van der Waals surface area contributed by atoms with E-state index in [0.29, 0.717) is 18.8 Å². The fourth-order valence-electron chi connectivity index (χ4n) is 1.93. The quantitative estimate of drug-likeness (QED) is 0.651. The molecule has 1 heterocycles. The van der Waals surface area contributed by atoms with Crippen LogP contribution in [0.25, 0.3) is 0 Å². The second-order valence-corrected chi connectivity index (χ2v) is 4.50. The van der Waals surface area contributed by atoms with E-state index in [0.717, 1.165) is 11.3 Å². The van der Waals surface area contributed by atoms with E-state index >= 15 is 0 Å². The molecule has 6 nitrogen and oxygen atoms in total. The molecule has 0 aliphatic heterocycles. The van der Waals surface area contributed by atoms with Gasteiger partial charge in [-0.2, -0.15) is 0 Å². The van der Waals surface area contributed by atoms with Gasteiger partial charge in [0.25, 0.3) is 0 Å². The molecular weight excluding hydrogens is 270 g/mol. The van der Waals surface area contributed by atoms with Crippen molar-refractivity contribution >= 4 is 11.4 Å². The largest absolute Gasteiger partial charge is 0.487 e. The predicted molar refractivity (Wildman–Crippen MR) is 80.6 cm³/mol. The van der Waals surface area contributed by atoms with Gasteiger partial charge in [0.2, 0.25) is 0 Å². The number of benzene rings is 1. The van der Waals surface area contributed by atoms with Gasteiger partial charge in [0.1, 0.15) is 5.69 Å². The summed E-state index contributed by atoms with van der Waals surface area (Å²) in [5.41, 5.74) is 2.28. The summed E-state index contributed by atoms with van der Waals surface area (Å²) >= 11 is 0. The monoisotopic (exact) mass is 287 g/mol. The van der Waals surface area contributed by atoms with E-state index in [1.165, 1.54) is 0 Å². The van der Waals surface area contributed by atoms with Gasteiger partial charge >= 0.3 is 5.69 Å². The second kappa shape index (κ2) is 6.69. The van der Waals surface area contributed by atoms with Gasteiger partial charge in [0, 0.05) is 18.4 Å². The zero-order valence-corrected chi connectivity index (χ0v) is 12.0. The van der Waals surface area contributed by atoms with E-state index in [2.05, 4.69) is 10.3 Å². The van der Waals surface area contributed by atoms with E-state index < -0.39 is 4.92 Å². The van der Waals surface area contributed by atoms with Crippen LogP contribution in [0.2, 0.25) is 0 Å². The summed E-state index contributed by atoms with van der Waals surface area (Å²) < 4.78 is 5.31. The summed E-state index contributed by atoms with van der Waals surface area (Å²) in [7, 11) is 0. The minimum absolute atomic E-state index is 0.0422. The maximum absolute atomic E-state index is 11.2. The average molecular weight is 287 g/mol. The number of ether oxygens (including phenoxy) is 1. The number of anilines is 1. The topological polar surface area (TPSA) is 77.3 Å². The van der Waals surface area contributed by atoms with Gasteiger partial charge in [-0.25, -0.2) is 0 Å². The number of aryl methyl sites for hydroxylation is 1. The molecule has 110 valence electrons. The van der Waals surface area contributed by atoms with Crippen molar-refractivity contribution < 1.29 is 9.66 Å². The minimum Gasteiger partial charge on any atom is -0.487 e. The van der Waals surface area contributed by atoms with Crippen LogP contribution in [0, 0.1) is 17.0 Å². The van der Waals surface area contributed by atoms with Crippen molar-refractivity contribution in [2.75, 3.05) is 11.9 Å². The van der Waals surface area contributed by atoms with E-state index in [-0.39, 0.29) is 11.4 Å². The van der Waals surface area contributed by atoms with Crippen molar-refractivity contribution in [3.05, 3.63) is 57.9 Å². The maximum Gasteiger partial charge on any atom is 0.333 e. The molecule has 0 saturated heterocycles. The number of nitro benzene ring substituents is 1. The molecule has 1 aromatic heterocycles. The molecule has 0 bridgehead atoms. The molecule has 0 spiro atoms. The smallest absolute Gasteiger partial charge is 0.333 e. The first-order valence-electron chi connectivity index (χ1n) is 6.67. The molecule has 21 heavy (non-hydrogen) atoms. The van der Waals surface area contributed by atoms with Gasteiger partial charge in [0.05, 0.1) is 11.5 Å². The number of hydrogen-bond acceptors (Lipinski definition) is 5. The Hall–Kier alpha value is -2.63. The molecule has 2 rings (SSSR count). The van der Waals surface area contributed by atoms with Crippen molar-refractivity contribution in [2.45, 2.75) is 20.4 Å². The summed E-state index contributed by atoms with van der Waals surface area (Å²) in [6, 6.07) is 8.84. The average Bonchev–Trinajstić information content (AvgIpc) is 2.47. The van der Waals surface area contributed by atoms with Crippen LogP contribution >= 0.6 is 0 Å². The molecule has 0 amide bonds. The lowest BCUT2D eigenvalue weighted by Gasteiger charge is -2.10. The van der Waals surface area contributed by atoms with Crippen LogP contribution in [0.4, 0.5) is 11.4 Å². The molecule has 6 heteroatoms. The Bertz CT molecular complexity index is 627. The molecular formula is C15H17N3O3. The first-order valence-corrected chi connectivity index (χ1v) is 6.67. The Kier molecular flexibility index (Phi) is 4.71. The number of pyridine rings is 1. The zero-order valence-electron chi connectivity index (χ0n) is 12.0. The highest BCUT2D eigenvalue weighted by atomic mass is 16.6. The molecule has 0 fully saturated rings. The Morgan fingerprint density at radius 3 is 2.76 bits per heavy atom. The summed E-state index contributed by atoms with van der Waals surface area (Å²) in [6.07, 6.45) is 1.75. The Morgan fingerprint density at radius 1 is 1.33 bits per heavy atom. The molecule has 0 saturated carbocycles. The standard InChI is InChI=1S/C15H17N3O3/c1-3-21-14-6-4-5-13(15(14)18(19)20)17-10-12-8-7-11(2)16-9-12/h4-9,17H,3,10H2,1-2H3. The molecule has 0 aliphatic rings. The number of nitrogens with one attached hydrogen (secondary N) is 1. The molecule has 0 radical (unpaired) electrons. The third kappa shape index (κ3) is 3.68. The fourth-order valence-corrected chi connectivity index (χ4v) is 1.93. The first kappa shape index (κ1) is 14.8. The van der Waals surface area contributed by atoms with Gasteiger partial charge in [-0.05, 0) is 37.6 Å². The normalized spacial score (nSPS) is 10.2. The number of para-hydroxylation sites is 1. The summed E-state index contributed by atoms with van der Waals surface area (Å²) in [5.74, 6) is 0.273. The predicted octanol–water partition coefficient (Wildman–Crippen LogP) is 3.31. The van der Waals surface area contributed by atoms with Crippen molar-refractivity contribution in [2.24, 2.45) is 0 Å². The lowest BCUT2D eigenvalue weighted by atomic mass is 10.2.